The molecule has 0 amide bonds. The van der Waals surface area contributed by atoms with Gasteiger partial charge < -0.3 is 5.32 Å². The minimum Gasteiger partial charge on any atom is -0.309 e. The summed E-state index contributed by atoms with van der Waals surface area (Å²) in [6, 6.07) is 3.28. The van der Waals surface area contributed by atoms with Crippen LogP contribution in [0.4, 0.5) is 0 Å². The SMILES string of the molecule is CCCCCC(C)NCc1ccn(C(CC)CC)n1. The van der Waals surface area contributed by atoms with Gasteiger partial charge >= 0.3 is 0 Å². The second-order valence-electron chi connectivity index (χ2n) is 5.54. The molecule has 0 aliphatic carbocycles. The van der Waals surface area contributed by atoms with Gasteiger partial charge in [0.25, 0.3) is 0 Å². The van der Waals surface area contributed by atoms with E-state index in [2.05, 4.69) is 55.1 Å². The minimum absolute atomic E-state index is 0.552. The zero-order valence-corrected chi connectivity index (χ0v) is 13.2. The third-order valence-corrected chi connectivity index (χ3v) is 3.85. The average Bonchev–Trinajstić information content (AvgIpc) is 2.87. The molecule has 1 atom stereocenters. The molecule has 19 heavy (non-hydrogen) atoms. The lowest BCUT2D eigenvalue weighted by Crippen LogP contribution is -2.25. The van der Waals surface area contributed by atoms with E-state index in [9.17, 15) is 0 Å². The van der Waals surface area contributed by atoms with E-state index in [1.54, 1.807) is 0 Å². The first-order chi connectivity index (χ1) is 9.21. The van der Waals surface area contributed by atoms with Crippen molar-refractivity contribution in [2.24, 2.45) is 0 Å². The van der Waals surface area contributed by atoms with E-state index in [-0.39, 0.29) is 0 Å². The van der Waals surface area contributed by atoms with Gasteiger partial charge in [0, 0.05) is 18.8 Å². The number of nitrogens with zero attached hydrogens (tertiary/aromatic N) is 2. The van der Waals surface area contributed by atoms with E-state index in [1.165, 1.54) is 25.7 Å². The summed E-state index contributed by atoms with van der Waals surface area (Å²) in [5.41, 5.74) is 1.16. The van der Waals surface area contributed by atoms with Crippen molar-refractivity contribution in [1.82, 2.24) is 15.1 Å². The molecule has 1 aromatic heterocycles. The Labute approximate surface area is 118 Å². The van der Waals surface area contributed by atoms with Crippen LogP contribution in [-0.2, 0) is 6.54 Å². The first kappa shape index (κ1) is 16.2. The van der Waals surface area contributed by atoms with Gasteiger partial charge in [-0.25, -0.2) is 0 Å². The Hall–Kier alpha value is -0.830. The number of hydrogen-bond acceptors (Lipinski definition) is 2. The lowest BCUT2D eigenvalue weighted by Gasteiger charge is -2.14. The van der Waals surface area contributed by atoms with Crippen LogP contribution in [0.2, 0.25) is 0 Å². The summed E-state index contributed by atoms with van der Waals surface area (Å²) in [6.45, 7) is 9.86. The molecule has 110 valence electrons. The summed E-state index contributed by atoms with van der Waals surface area (Å²) in [5.74, 6) is 0. The molecule has 0 aliphatic rings. The summed E-state index contributed by atoms with van der Waals surface area (Å²) in [7, 11) is 0. The van der Waals surface area contributed by atoms with Gasteiger partial charge in [-0.3, -0.25) is 4.68 Å². The van der Waals surface area contributed by atoms with Gasteiger partial charge in [-0.1, -0.05) is 40.0 Å². The lowest BCUT2D eigenvalue weighted by molar-refractivity contribution is 0.421. The van der Waals surface area contributed by atoms with Crippen molar-refractivity contribution in [3.63, 3.8) is 0 Å². The number of hydrogen-bond donors (Lipinski definition) is 1. The zero-order valence-electron chi connectivity index (χ0n) is 13.2. The van der Waals surface area contributed by atoms with E-state index >= 15 is 0 Å². The Morgan fingerprint density at radius 1 is 1.21 bits per heavy atom. The Balaban J connectivity index is 2.33. The van der Waals surface area contributed by atoms with Gasteiger partial charge in [-0.2, -0.15) is 5.10 Å². The predicted molar refractivity (Wildman–Crippen MR) is 82.3 cm³/mol. The Bertz CT molecular complexity index is 328. The summed E-state index contributed by atoms with van der Waals surface area (Å²) < 4.78 is 2.12. The van der Waals surface area contributed by atoms with Crippen LogP contribution in [0.25, 0.3) is 0 Å². The van der Waals surface area contributed by atoms with Gasteiger partial charge in [0.05, 0.1) is 11.7 Å². The van der Waals surface area contributed by atoms with E-state index in [1.807, 2.05) is 0 Å². The molecular formula is C16H31N3. The largest absolute Gasteiger partial charge is 0.309 e. The maximum Gasteiger partial charge on any atom is 0.0762 e. The first-order valence-electron chi connectivity index (χ1n) is 7.98. The smallest absolute Gasteiger partial charge is 0.0762 e. The molecule has 1 aromatic rings. The van der Waals surface area contributed by atoms with Crippen molar-refractivity contribution in [3.05, 3.63) is 18.0 Å². The van der Waals surface area contributed by atoms with Gasteiger partial charge in [-0.15, -0.1) is 0 Å². The van der Waals surface area contributed by atoms with Gasteiger partial charge in [-0.05, 0) is 32.3 Å². The van der Waals surface area contributed by atoms with Crippen LogP contribution in [0.5, 0.6) is 0 Å². The van der Waals surface area contributed by atoms with Crippen LogP contribution in [0, 0.1) is 0 Å². The van der Waals surface area contributed by atoms with Crippen molar-refractivity contribution in [3.8, 4) is 0 Å². The normalized spacial score (nSPS) is 13.1. The second kappa shape index (κ2) is 9.13. The standard InChI is InChI=1S/C16H31N3/c1-5-8-9-10-14(4)17-13-15-11-12-19(18-15)16(6-2)7-3/h11-12,14,16-17H,5-10,13H2,1-4H3. The van der Waals surface area contributed by atoms with Crippen molar-refractivity contribution >= 4 is 0 Å². The monoisotopic (exact) mass is 265 g/mol. The molecule has 1 unspecified atom stereocenters. The quantitative estimate of drug-likeness (QED) is 0.639. The molecule has 0 saturated carbocycles. The van der Waals surface area contributed by atoms with Crippen molar-refractivity contribution < 1.29 is 0 Å². The number of rotatable bonds is 10. The Morgan fingerprint density at radius 3 is 2.58 bits per heavy atom. The van der Waals surface area contributed by atoms with E-state index in [0.29, 0.717) is 12.1 Å². The number of unbranched alkanes of at least 4 members (excludes halogenated alkanes) is 2. The molecule has 0 aromatic carbocycles. The van der Waals surface area contributed by atoms with Crippen LogP contribution >= 0.6 is 0 Å². The molecule has 0 radical (unpaired) electrons. The molecule has 3 heteroatoms. The minimum atomic E-state index is 0.552. The fourth-order valence-corrected chi connectivity index (χ4v) is 2.42. The zero-order chi connectivity index (χ0) is 14.1. The van der Waals surface area contributed by atoms with E-state index in [0.717, 1.165) is 25.1 Å². The Morgan fingerprint density at radius 2 is 1.95 bits per heavy atom. The molecule has 0 fully saturated rings. The molecule has 0 saturated heterocycles. The second-order valence-corrected chi connectivity index (χ2v) is 5.54. The fraction of sp³-hybridized carbons (Fsp3) is 0.812. The van der Waals surface area contributed by atoms with Crippen LogP contribution in [0.1, 0.15) is 78.0 Å². The van der Waals surface area contributed by atoms with Crippen LogP contribution < -0.4 is 5.32 Å². The van der Waals surface area contributed by atoms with Crippen molar-refractivity contribution in [2.45, 2.75) is 84.8 Å². The molecular weight excluding hydrogens is 234 g/mol. The van der Waals surface area contributed by atoms with E-state index < -0.39 is 0 Å². The highest BCUT2D eigenvalue weighted by atomic mass is 15.3. The number of aromatic nitrogens is 2. The molecule has 0 bridgehead atoms. The third kappa shape index (κ3) is 5.77. The Kier molecular flexibility index (Phi) is 7.80. The van der Waals surface area contributed by atoms with Crippen molar-refractivity contribution in [2.75, 3.05) is 0 Å². The molecule has 1 heterocycles. The summed E-state index contributed by atoms with van der Waals surface area (Å²) in [4.78, 5) is 0. The van der Waals surface area contributed by atoms with Crippen LogP contribution in [0.3, 0.4) is 0 Å². The van der Waals surface area contributed by atoms with Gasteiger partial charge in [0.15, 0.2) is 0 Å². The topological polar surface area (TPSA) is 29.9 Å². The molecule has 0 spiro atoms. The molecule has 1 rings (SSSR count). The lowest BCUT2D eigenvalue weighted by atomic mass is 10.1. The fourth-order valence-electron chi connectivity index (χ4n) is 2.42. The third-order valence-electron chi connectivity index (χ3n) is 3.85. The summed E-state index contributed by atoms with van der Waals surface area (Å²) in [5, 5.41) is 8.25. The average molecular weight is 265 g/mol. The maximum absolute atomic E-state index is 4.67. The van der Waals surface area contributed by atoms with E-state index in [4.69, 9.17) is 0 Å². The van der Waals surface area contributed by atoms with Crippen LogP contribution in [0.15, 0.2) is 12.3 Å². The highest BCUT2D eigenvalue weighted by molar-refractivity contribution is 4.99. The highest BCUT2D eigenvalue weighted by Gasteiger charge is 2.08. The molecule has 3 nitrogen and oxygen atoms in total. The van der Waals surface area contributed by atoms with Crippen molar-refractivity contribution in [1.29, 1.82) is 0 Å². The maximum atomic E-state index is 4.67. The molecule has 1 N–H and O–H groups in total. The first-order valence-corrected chi connectivity index (χ1v) is 7.98. The van der Waals surface area contributed by atoms with Crippen LogP contribution in [-0.4, -0.2) is 15.8 Å². The summed E-state index contributed by atoms with van der Waals surface area (Å²) in [6.07, 6.45) is 9.66. The van der Waals surface area contributed by atoms with Gasteiger partial charge in [0.2, 0.25) is 0 Å². The summed E-state index contributed by atoms with van der Waals surface area (Å²) >= 11 is 0. The predicted octanol–water partition coefficient (Wildman–Crippen LogP) is 4.30. The molecule has 0 aliphatic heterocycles. The number of nitrogens with one attached hydrogen (secondary N) is 1. The van der Waals surface area contributed by atoms with Gasteiger partial charge in [0.1, 0.15) is 0 Å². The highest BCUT2D eigenvalue weighted by Crippen LogP contribution is 2.14.